The Morgan fingerprint density at radius 3 is 2.70 bits per heavy atom. The van der Waals surface area contributed by atoms with E-state index in [0.717, 1.165) is 0 Å². The molecule has 2 N–H and O–H groups in total. The van der Waals surface area contributed by atoms with E-state index in [2.05, 4.69) is 6.08 Å². The van der Waals surface area contributed by atoms with Crippen LogP contribution in [0.25, 0.3) is 0 Å². The van der Waals surface area contributed by atoms with E-state index >= 15 is 0 Å². The van der Waals surface area contributed by atoms with Crippen molar-refractivity contribution in [3.63, 3.8) is 0 Å². The number of nitrogens with two attached hydrogens (primary N) is 1. The summed E-state index contributed by atoms with van der Waals surface area (Å²) in [4.78, 5) is 0.225. The van der Waals surface area contributed by atoms with Gasteiger partial charge in [-0.1, -0.05) is 12.2 Å². The smallest absolute Gasteiger partial charge is 0.219 e. The van der Waals surface area contributed by atoms with Gasteiger partial charge in [-0.05, 0) is 0 Å². The largest absolute Gasteiger partial charge is 0.397 e. The molecule has 0 amide bonds. The van der Waals surface area contributed by atoms with Gasteiger partial charge in [0.25, 0.3) is 0 Å². The highest BCUT2D eigenvalue weighted by atomic mass is 32.2. The molecule has 0 heterocycles. The zero-order chi connectivity index (χ0) is 7.56. The molecule has 0 aromatic rings. The molecule has 0 aromatic heterocycles. The van der Waals surface area contributed by atoms with Crippen LogP contribution >= 0.6 is 0 Å². The van der Waals surface area contributed by atoms with Crippen molar-refractivity contribution in [3.8, 4) is 0 Å². The molecular formula is C6H6NO2S. The molecule has 1 aliphatic rings. The third-order valence-electron chi connectivity index (χ3n) is 1.16. The minimum Gasteiger partial charge on any atom is -0.397 e. The highest BCUT2D eigenvalue weighted by molar-refractivity contribution is 7.73. The first-order chi connectivity index (χ1) is 4.72. The van der Waals surface area contributed by atoms with E-state index in [0.29, 0.717) is 6.42 Å². The summed E-state index contributed by atoms with van der Waals surface area (Å²) in [7, 11) is -2.19. The van der Waals surface area contributed by atoms with Crippen LogP contribution < -0.4 is 5.73 Å². The van der Waals surface area contributed by atoms with Gasteiger partial charge < -0.3 is 5.73 Å². The fourth-order valence-electron chi connectivity index (χ4n) is 0.663. The van der Waals surface area contributed by atoms with E-state index < -0.39 is 10.3 Å². The third-order valence-corrected chi connectivity index (χ3v) is 1.95. The average Bonchev–Trinajstić information content (AvgIpc) is 1.88. The lowest BCUT2D eigenvalue weighted by atomic mass is 10.1. The zero-order valence-corrected chi connectivity index (χ0v) is 5.98. The van der Waals surface area contributed by atoms with E-state index in [1.165, 1.54) is 0 Å². The first-order valence-electron chi connectivity index (χ1n) is 2.71. The molecule has 1 radical (unpaired) electrons. The van der Waals surface area contributed by atoms with Crippen molar-refractivity contribution >= 4 is 15.2 Å². The molecule has 0 spiro atoms. The third kappa shape index (κ3) is 1.27. The van der Waals surface area contributed by atoms with E-state index in [4.69, 9.17) is 5.73 Å². The summed E-state index contributed by atoms with van der Waals surface area (Å²) >= 11 is 0. The summed E-state index contributed by atoms with van der Waals surface area (Å²) in [6.45, 7) is 0. The molecular weight excluding hydrogens is 150 g/mol. The van der Waals surface area contributed by atoms with Gasteiger partial charge in [0.2, 0.25) is 10.3 Å². The van der Waals surface area contributed by atoms with Crippen molar-refractivity contribution in [1.82, 2.24) is 0 Å². The molecule has 3 nitrogen and oxygen atoms in total. The van der Waals surface area contributed by atoms with Crippen molar-refractivity contribution in [3.05, 3.63) is 23.9 Å². The Kier molecular flexibility index (Phi) is 1.91. The molecule has 0 aromatic carbocycles. The number of allylic oxidation sites excluding steroid dienone is 4. The van der Waals surface area contributed by atoms with Crippen LogP contribution in [0.4, 0.5) is 0 Å². The molecule has 0 unspecified atom stereocenters. The Morgan fingerprint density at radius 2 is 2.30 bits per heavy atom. The van der Waals surface area contributed by atoms with Gasteiger partial charge >= 0.3 is 0 Å². The SMILES string of the molecule is NC1=[C]C=CCC1=S(=O)=O. The van der Waals surface area contributed by atoms with Gasteiger partial charge in [-0.25, -0.2) is 0 Å². The van der Waals surface area contributed by atoms with Crippen LogP contribution in [0.5, 0.6) is 0 Å². The highest BCUT2D eigenvalue weighted by Gasteiger charge is 2.05. The summed E-state index contributed by atoms with van der Waals surface area (Å²) in [5.41, 5.74) is 5.52. The number of hydrogen-bond donors (Lipinski definition) is 1. The molecule has 0 saturated heterocycles. The lowest BCUT2D eigenvalue weighted by Gasteiger charge is -2.00. The predicted octanol–water partition coefficient (Wildman–Crippen LogP) is -0.356. The normalized spacial score (nSPS) is 16.8. The fourth-order valence-corrected chi connectivity index (χ4v) is 1.13. The maximum absolute atomic E-state index is 10.4. The van der Waals surface area contributed by atoms with Crippen LogP contribution in [0, 0.1) is 6.08 Å². The fraction of sp³-hybridized carbons (Fsp3) is 0.167. The van der Waals surface area contributed by atoms with Crippen molar-refractivity contribution in [2.45, 2.75) is 6.42 Å². The van der Waals surface area contributed by atoms with Gasteiger partial charge in [-0.15, -0.1) is 0 Å². The van der Waals surface area contributed by atoms with Gasteiger partial charge in [0.05, 0.1) is 10.6 Å². The molecule has 4 heteroatoms. The second-order valence-electron chi connectivity index (χ2n) is 1.82. The molecule has 0 bridgehead atoms. The molecule has 0 saturated carbocycles. The molecule has 1 aliphatic carbocycles. The highest BCUT2D eigenvalue weighted by Crippen LogP contribution is 2.01. The van der Waals surface area contributed by atoms with Crippen LogP contribution in [-0.2, 0) is 10.3 Å². The van der Waals surface area contributed by atoms with Crippen molar-refractivity contribution in [2.24, 2.45) is 5.73 Å². The number of hydrogen-bond acceptors (Lipinski definition) is 3. The Bertz CT molecular complexity index is 314. The Labute approximate surface area is 60.4 Å². The Hall–Kier alpha value is -1.03. The van der Waals surface area contributed by atoms with Gasteiger partial charge in [0.1, 0.15) is 0 Å². The van der Waals surface area contributed by atoms with E-state index in [9.17, 15) is 8.42 Å². The first-order valence-corrected chi connectivity index (χ1v) is 3.78. The molecule has 10 heavy (non-hydrogen) atoms. The van der Waals surface area contributed by atoms with E-state index in [1.54, 1.807) is 12.2 Å². The average molecular weight is 156 g/mol. The van der Waals surface area contributed by atoms with Gasteiger partial charge in [0.15, 0.2) is 0 Å². The predicted molar refractivity (Wildman–Crippen MR) is 38.6 cm³/mol. The van der Waals surface area contributed by atoms with Crippen molar-refractivity contribution < 1.29 is 8.42 Å². The first kappa shape index (κ1) is 7.08. The second-order valence-corrected chi connectivity index (χ2v) is 2.78. The van der Waals surface area contributed by atoms with Crippen LogP contribution in [0.2, 0.25) is 0 Å². The van der Waals surface area contributed by atoms with E-state index in [-0.39, 0.29) is 10.6 Å². The van der Waals surface area contributed by atoms with Gasteiger partial charge in [-0.2, -0.15) is 8.42 Å². The minimum absolute atomic E-state index is 0.218. The Balaban J connectivity index is 3.19. The maximum Gasteiger partial charge on any atom is 0.219 e. The van der Waals surface area contributed by atoms with Crippen LogP contribution in [-0.4, -0.2) is 13.3 Å². The Morgan fingerprint density at radius 1 is 1.60 bits per heavy atom. The summed E-state index contributed by atoms with van der Waals surface area (Å²) in [5, 5.41) is 0. The standard InChI is InChI=1S/C6H6NO2S/c7-5-3-1-2-4-6(5)10(8)9/h1-2H,4,7H2. The number of rotatable bonds is 0. The topological polar surface area (TPSA) is 60.2 Å². The maximum atomic E-state index is 10.4. The molecule has 1 rings (SSSR count). The zero-order valence-electron chi connectivity index (χ0n) is 5.16. The monoisotopic (exact) mass is 156 g/mol. The van der Waals surface area contributed by atoms with E-state index in [1.807, 2.05) is 0 Å². The molecule has 0 aliphatic heterocycles. The lowest BCUT2D eigenvalue weighted by Crippen LogP contribution is -2.13. The minimum atomic E-state index is -2.19. The summed E-state index contributed by atoms with van der Waals surface area (Å²) in [6, 6.07) is 0. The molecule has 53 valence electrons. The molecule has 0 fully saturated rings. The van der Waals surface area contributed by atoms with Gasteiger partial charge in [-0.3, -0.25) is 0 Å². The van der Waals surface area contributed by atoms with Crippen molar-refractivity contribution in [2.75, 3.05) is 0 Å². The van der Waals surface area contributed by atoms with Gasteiger partial charge in [0, 0.05) is 12.5 Å². The summed E-state index contributed by atoms with van der Waals surface area (Å²) < 4.78 is 20.7. The van der Waals surface area contributed by atoms with Crippen LogP contribution in [0.3, 0.4) is 0 Å². The summed E-state index contributed by atoms with van der Waals surface area (Å²) in [6.07, 6.45) is 6.29. The van der Waals surface area contributed by atoms with Crippen molar-refractivity contribution in [1.29, 1.82) is 0 Å². The summed E-state index contributed by atoms with van der Waals surface area (Å²) in [5.74, 6) is 0. The van der Waals surface area contributed by atoms with Crippen LogP contribution in [0.1, 0.15) is 6.42 Å². The van der Waals surface area contributed by atoms with Crippen LogP contribution in [0.15, 0.2) is 17.8 Å². The molecule has 0 atom stereocenters. The lowest BCUT2D eigenvalue weighted by molar-refractivity contribution is 0.627. The second kappa shape index (κ2) is 2.70. The quantitative estimate of drug-likeness (QED) is 0.487.